The summed E-state index contributed by atoms with van der Waals surface area (Å²) in [4.78, 5) is 14.4. The van der Waals surface area contributed by atoms with Crippen molar-refractivity contribution in [2.45, 2.75) is 64.8 Å². The molecule has 0 aromatic heterocycles. The van der Waals surface area contributed by atoms with Gasteiger partial charge in [0.2, 0.25) is 0 Å². The van der Waals surface area contributed by atoms with Crippen LogP contribution in [0.3, 0.4) is 0 Å². The van der Waals surface area contributed by atoms with E-state index in [-0.39, 0.29) is 5.54 Å². The van der Waals surface area contributed by atoms with E-state index in [1.54, 1.807) is 0 Å². The van der Waals surface area contributed by atoms with Gasteiger partial charge in [0.1, 0.15) is 0 Å². The van der Waals surface area contributed by atoms with Gasteiger partial charge in [0.25, 0.3) is 0 Å². The van der Waals surface area contributed by atoms with Gasteiger partial charge in [-0.2, -0.15) is 0 Å². The first-order valence-electron chi connectivity index (χ1n) is 6.37. The minimum Gasteiger partial charge on any atom is -0.298 e. The average molecular weight is 211 g/mol. The van der Waals surface area contributed by atoms with E-state index in [0.717, 1.165) is 25.9 Å². The summed E-state index contributed by atoms with van der Waals surface area (Å²) in [5.41, 5.74) is -0.236. The molecule has 0 bridgehead atoms. The van der Waals surface area contributed by atoms with Gasteiger partial charge in [-0.3, -0.25) is 9.69 Å². The maximum Gasteiger partial charge on any atom is 0.152 e. The lowest BCUT2D eigenvalue weighted by atomic mass is 9.93. The highest BCUT2D eigenvalue weighted by Gasteiger charge is 2.33. The van der Waals surface area contributed by atoms with Gasteiger partial charge in [-0.1, -0.05) is 19.8 Å². The molecule has 88 valence electrons. The quantitative estimate of drug-likeness (QED) is 0.712. The van der Waals surface area contributed by atoms with Gasteiger partial charge >= 0.3 is 0 Å². The molecule has 1 heterocycles. The van der Waals surface area contributed by atoms with Gasteiger partial charge in [-0.15, -0.1) is 0 Å². The van der Waals surface area contributed by atoms with Crippen LogP contribution in [0.2, 0.25) is 0 Å². The van der Waals surface area contributed by atoms with Crippen LogP contribution in [0, 0.1) is 0 Å². The lowest BCUT2D eigenvalue weighted by Gasteiger charge is -2.36. The van der Waals surface area contributed by atoms with Crippen LogP contribution >= 0.6 is 0 Å². The number of carbonyl (C=O) groups excluding carboxylic acids is 1. The monoisotopic (exact) mass is 211 g/mol. The Kier molecular flexibility index (Phi) is 4.78. The van der Waals surface area contributed by atoms with E-state index in [9.17, 15) is 4.79 Å². The van der Waals surface area contributed by atoms with Gasteiger partial charge in [0, 0.05) is 6.42 Å². The Morgan fingerprint density at radius 1 is 1.13 bits per heavy atom. The molecule has 0 N–H and O–H groups in total. The Morgan fingerprint density at radius 3 is 2.13 bits per heavy atom. The fraction of sp³-hybridized carbons (Fsp3) is 0.923. The molecule has 0 spiro atoms. The number of hydrogen-bond acceptors (Lipinski definition) is 2. The molecule has 0 aromatic carbocycles. The summed E-state index contributed by atoms with van der Waals surface area (Å²) in [7, 11) is 0. The molecule has 0 amide bonds. The van der Waals surface area contributed by atoms with Gasteiger partial charge in [-0.25, -0.2) is 0 Å². The molecule has 15 heavy (non-hydrogen) atoms. The molecule has 2 heteroatoms. The Labute approximate surface area is 94.0 Å². The fourth-order valence-corrected chi connectivity index (χ4v) is 2.34. The molecule has 1 fully saturated rings. The summed E-state index contributed by atoms with van der Waals surface area (Å²) >= 11 is 0. The fourth-order valence-electron chi connectivity index (χ4n) is 2.34. The van der Waals surface area contributed by atoms with E-state index in [4.69, 9.17) is 0 Å². The van der Waals surface area contributed by atoms with Crippen molar-refractivity contribution in [1.29, 1.82) is 0 Å². The summed E-state index contributed by atoms with van der Waals surface area (Å²) in [6.45, 7) is 8.47. The third-order valence-electron chi connectivity index (χ3n) is 3.56. The smallest absolute Gasteiger partial charge is 0.152 e. The Morgan fingerprint density at radius 2 is 1.67 bits per heavy atom. The van der Waals surface area contributed by atoms with Crippen LogP contribution in [-0.4, -0.2) is 29.3 Å². The average Bonchev–Trinajstić information content (AvgIpc) is 2.46. The Balaban J connectivity index is 2.60. The van der Waals surface area contributed by atoms with Crippen molar-refractivity contribution >= 4 is 5.78 Å². The standard InChI is InChI=1S/C13H25NO/c1-4-9-12(15)13(2,3)14-10-7-5-6-8-11-14/h4-11H2,1-3H3. The molecule has 1 saturated heterocycles. The van der Waals surface area contributed by atoms with Crippen molar-refractivity contribution in [2.24, 2.45) is 0 Å². The van der Waals surface area contributed by atoms with Gasteiger partial charge in [0.15, 0.2) is 5.78 Å². The summed E-state index contributed by atoms with van der Waals surface area (Å²) < 4.78 is 0. The number of likely N-dealkylation sites (tertiary alicyclic amines) is 1. The molecule has 2 nitrogen and oxygen atoms in total. The van der Waals surface area contributed by atoms with Crippen molar-refractivity contribution in [3.63, 3.8) is 0 Å². The van der Waals surface area contributed by atoms with Crippen LogP contribution in [-0.2, 0) is 4.79 Å². The van der Waals surface area contributed by atoms with Gasteiger partial charge in [0.05, 0.1) is 5.54 Å². The molecular weight excluding hydrogens is 186 g/mol. The zero-order valence-corrected chi connectivity index (χ0v) is 10.5. The highest BCUT2D eigenvalue weighted by Crippen LogP contribution is 2.22. The van der Waals surface area contributed by atoms with Crippen LogP contribution in [0.25, 0.3) is 0 Å². The van der Waals surface area contributed by atoms with E-state index in [0.29, 0.717) is 5.78 Å². The normalized spacial score (nSPS) is 19.9. The first-order valence-corrected chi connectivity index (χ1v) is 6.37. The van der Waals surface area contributed by atoms with Crippen LogP contribution in [0.15, 0.2) is 0 Å². The number of hydrogen-bond donors (Lipinski definition) is 0. The third kappa shape index (κ3) is 3.30. The number of carbonyl (C=O) groups is 1. The Hall–Kier alpha value is -0.370. The summed E-state index contributed by atoms with van der Waals surface area (Å²) in [6, 6.07) is 0. The number of nitrogens with zero attached hydrogens (tertiary/aromatic N) is 1. The molecule has 0 unspecified atom stereocenters. The Bertz CT molecular complexity index is 203. The zero-order chi connectivity index (χ0) is 11.3. The topological polar surface area (TPSA) is 20.3 Å². The van der Waals surface area contributed by atoms with E-state index in [2.05, 4.69) is 25.7 Å². The zero-order valence-electron chi connectivity index (χ0n) is 10.5. The maximum absolute atomic E-state index is 12.0. The predicted octanol–water partition coefficient (Wildman–Crippen LogP) is 3.01. The maximum atomic E-state index is 12.0. The molecule has 1 aliphatic heterocycles. The van der Waals surface area contributed by atoms with E-state index in [1.165, 1.54) is 25.7 Å². The minimum absolute atomic E-state index is 0.236. The largest absolute Gasteiger partial charge is 0.298 e. The highest BCUT2D eigenvalue weighted by molar-refractivity contribution is 5.87. The van der Waals surface area contributed by atoms with Crippen molar-refractivity contribution < 1.29 is 4.79 Å². The lowest BCUT2D eigenvalue weighted by Crippen LogP contribution is -2.50. The third-order valence-corrected chi connectivity index (χ3v) is 3.56. The van der Waals surface area contributed by atoms with Crippen LogP contribution in [0.5, 0.6) is 0 Å². The predicted molar refractivity (Wildman–Crippen MR) is 64.0 cm³/mol. The van der Waals surface area contributed by atoms with Crippen molar-refractivity contribution in [3.05, 3.63) is 0 Å². The van der Waals surface area contributed by atoms with Crippen LogP contribution in [0.1, 0.15) is 59.3 Å². The summed E-state index contributed by atoms with van der Waals surface area (Å²) in [6.07, 6.45) is 6.86. The molecular formula is C13H25NO. The van der Waals surface area contributed by atoms with Crippen LogP contribution < -0.4 is 0 Å². The molecule has 0 aromatic rings. The highest BCUT2D eigenvalue weighted by atomic mass is 16.1. The summed E-state index contributed by atoms with van der Waals surface area (Å²) in [5.74, 6) is 0.409. The number of rotatable bonds is 4. The second-order valence-corrected chi connectivity index (χ2v) is 5.13. The molecule has 1 aliphatic rings. The molecule has 1 rings (SSSR count). The van der Waals surface area contributed by atoms with Crippen molar-refractivity contribution in [3.8, 4) is 0 Å². The van der Waals surface area contributed by atoms with E-state index >= 15 is 0 Å². The van der Waals surface area contributed by atoms with Gasteiger partial charge in [-0.05, 0) is 46.2 Å². The first kappa shape index (κ1) is 12.7. The lowest BCUT2D eigenvalue weighted by molar-refractivity contribution is -0.129. The van der Waals surface area contributed by atoms with E-state index < -0.39 is 0 Å². The van der Waals surface area contributed by atoms with Crippen molar-refractivity contribution in [1.82, 2.24) is 4.90 Å². The molecule has 0 aliphatic carbocycles. The second kappa shape index (κ2) is 5.64. The minimum atomic E-state index is -0.236. The number of Topliss-reactive ketones (excluding diaryl/α,β-unsaturated/α-hetero) is 1. The molecule has 0 radical (unpaired) electrons. The first-order chi connectivity index (χ1) is 7.09. The van der Waals surface area contributed by atoms with Gasteiger partial charge < -0.3 is 0 Å². The van der Waals surface area contributed by atoms with Crippen LogP contribution in [0.4, 0.5) is 0 Å². The molecule has 0 atom stereocenters. The summed E-state index contributed by atoms with van der Waals surface area (Å²) in [5, 5.41) is 0. The molecule has 0 saturated carbocycles. The van der Waals surface area contributed by atoms with E-state index in [1.807, 2.05) is 0 Å². The second-order valence-electron chi connectivity index (χ2n) is 5.13. The number of ketones is 1. The van der Waals surface area contributed by atoms with Crippen molar-refractivity contribution in [2.75, 3.05) is 13.1 Å². The SMILES string of the molecule is CCCC(=O)C(C)(C)N1CCCCCC1.